The first-order valence-corrected chi connectivity index (χ1v) is 7.76. The van der Waals surface area contributed by atoms with Crippen LogP contribution in [0.15, 0.2) is 17.1 Å². The smallest absolute Gasteiger partial charge is 0.272 e. The summed E-state index contributed by atoms with van der Waals surface area (Å²) >= 11 is 0. The molecule has 1 aliphatic heterocycles. The van der Waals surface area contributed by atoms with E-state index in [-0.39, 0.29) is 11.0 Å². The van der Waals surface area contributed by atoms with Crippen LogP contribution in [0.5, 0.6) is 0 Å². The van der Waals surface area contributed by atoms with Crippen LogP contribution in [0, 0.1) is 5.92 Å². The second-order valence-electron chi connectivity index (χ2n) is 7.08. The van der Waals surface area contributed by atoms with Crippen molar-refractivity contribution >= 4 is 5.65 Å². The Morgan fingerprint density at radius 3 is 2.90 bits per heavy atom. The Hall–Kier alpha value is -1.62. The first kappa shape index (κ1) is 14.3. The van der Waals surface area contributed by atoms with E-state index in [9.17, 15) is 4.79 Å². The second kappa shape index (κ2) is 5.30. The molecule has 1 fully saturated rings. The molecule has 0 spiro atoms. The van der Waals surface area contributed by atoms with Gasteiger partial charge in [-0.2, -0.15) is 0 Å². The SMILES string of the molecule is CC(C)(C)c1c[nH]n2c(=O)cc(CCC3CCNC3)nc12. The van der Waals surface area contributed by atoms with Crippen LogP contribution in [0.4, 0.5) is 0 Å². The van der Waals surface area contributed by atoms with Crippen LogP contribution in [0.1, 0.15) is 44.9 Å². The number of aromatic nitrogens is 3. The molecule has 0 aromatic carbocycles. The maximum Gasteiger partial charge on any atom is 0.272 e. The molecule has 3 heterocycles. The molecule has 2 aromatic rings. The number of H-pyrrole nitrogens is 1. The van der Waals surface area contributed by atoms with Gasteiger partial charge in [-0.25, -0.2) is 9.50 Å². The van der Waals surface area contributed by atoms with Crippen molar-refractivity contribution in [1.82, 2.24) is 19.9 Å². The molecule has 1 aliphatic rings. The largest absolute Gasteiger partial charge is 0.316 e. The summed E-state index contributed by atoms with van der Waals surface area (Å²) in [6.07, 6.45) is 5.12. The Kier molecular flexibility index (Phi) is 3.61. The minimum Gasteiger partial charge on any atom is -0.316 e. The van der Waals surface area contributed by atoms with Crippen LogP contribution in [0.2, 0.25) is 0 Å². The van der Waals surface area contributed by atoms with Gasteiger partial charge in [0.15, 0.2) is 5.65 Å². The summed E-state index contributed by atoms with van der Waals surface area (Å²) in [5.41, 5.74) is 2.73. The van der Waals surface area contributed by atoms with Gasteiger partial charge >= 0.3 is 0 Å². The zero-order valence-corrected chi connectivity index (χ0v) is 13.1. The number of rotatable bonds is 3. The van der Waals surface area contributed by atoms with Crippen LogP contribution in [0.3, 0.4) is 0 Å². The highest BCUT2D eigenvalue weighted by Gasteiger charge is 2.21. The number of hydrogen-bond donors (Lipinski definition) is 2. The Labute approximate surface area is 124 Å². The van der Waals surface area contributed by atoms with Gasteiger partial charge < -0.3 is 5.32 Å². The molecule has 0 aliphatic carbocycles. The Bertz CT molecular complexity index is 686. The highest BCUT2D eigenvalue weighted by Crippen LogP contribution is 2.25. The summed E-state index contributed by atoms with van der Waals surface area (Å²) < 4.78 is 1.54. The average Bonchev–Trinajstić information content (AvgIpc) is 3.04. The normalized spacial score (nSPS) is 19.5. The minimum absolute atomic E-state index is 0.0185. The zero-order chi connectivity index (χ0) is 15.0. The average molecular weight is 288 g/mol. The number of nitrogens with zero attached hydrogens (tertiary/aromatic N) is 2. The molecule has 0 radical (unpaired) electrons. The second-order valence-corrected chi connectivity index (χ2v) is 7.08. The molecule has 3 rings (SSSR count). The molecular weight excluding hydrogens is 264 g/mol. The molecule has 0 bridgehead atoms. The fourth-order valence-electron chi connectivity index (χ4n) is 3.02. The lowest BCUT2D eigenvalue weighted by Crippen LogP contribution is -2.18. The predicted octanol–water partition coefficient (Wildman–Crippen LogP) is 1.86. The third-order valence-corrected chi connectivity index (χ3v) is 4.33. The summed E-state index contributed by atoms with van der Waals surface area (Å²) in [4.78, 5) is 17.0. The Morgan fingerprint density at radius 1 is 1.43 bits per heavy atom. The van der Waals surface area contributed by atoms with E-state index >= 15 is 0 Å². The van der Waals surface area contributed by atoms with E-state index in [4.69, 9.17) is 4.98 Å². The third kappa shape index (κ3) is 2.88. The fraction of sp³-hybridized carbons (Fsp3) is 0.625. The van der Waals surface area contributed by atoms with Crippen molar-refractivity contribution in [2.45, 2.75) is 45.4 Å². The van der Waals surface area contributed by atoms with Crippen molar-refractivity contribution < 1.29 is 0 Å². The first-order valence-electron chi connectivity index (χ1n) is 7.76. The van der Waals surface area contributed by atoms with Gasteiger partial charge in [-0.15, -0.1) is 0 Å². The Balaban J connectivity index is 1.91. The van der Waals surface area contributed by atoms with Crippen molar-refractivity contribution in [1.29, 1.82) is 0 Å². The summed E-state index contributed by atoms with van der Waals surface area (Å²) in [6, 6.07) is 1.66. The summed E-state index contributed by atoms with van der Waals surface area (Å²) in [7, 11) is 0. The van der Waals surface area contributed by atoms with Gasteiger partial charge in [0, 0.05) is 23.5 Å². The van der Waals surface area contributed by atoms with Gasteiger partial charge in [0.1, 0.15) is 0 Å². The van der Waals surface area contributed by atoms with E-state index in [2.05, 4.69) is 31.2 Å². The van der Waals surface area contributed by atoms with E-state index in [1.807, 2.05) is 6.20 Å². The lowest BCUT2D eigenvalue weighted by Gasteiger charge is -2.16. The molecule has 1 atom stereocenters. The molecule has 21 heavy (non-hydrogen) atoms. The van der Waals surface area contributed by atoms with Crippen LogP contribution >= 0.6 is 0 Å². The molecule has 0 amide bonds. The van der Waals surface area contributed by atoms with Crippen LogP contribution < -0.4 is 10.9 Å². The van der Waals surface area contributed by atoms with Gasteiger partial charge in [-0.1, -0.05) is 20.8 Å². The van der Waals surface area contributed by atoms with E-state index in [1.54, 1.807) is 10.6 Å². The van der Waals surface area contributed by atoms with Gasteiger partial charge in [0.25, 0.3) is 5.56 Å². The molecule has 0 saturated carbocycles. The van der Waals surface area contributed by atoms with Crippen molar-refractivity contribution in [3.05, 3.63) is 33.9 Å². The lowest BCUT2D eigenvalue weighted by atomic mass is 9.89. The summed E-state index contributed by atoms with van der Waals surface area (Å²) in [5, 5.41) is 6.40. The maximum atomic E-state index is 12.2. The Morgan fingerprint density at radius 2 is 2.24 bits per heavy atom. The third-order valence-electron chi connectivity index (χ3n) is 4.33. The zero-order valence-electron chi connectivity index (χ0n) is 13.1. The molecule has 1 saturated heterocycles. The number of nitrogens with one attached hydrogen (secondary N) is 2. The molecule has 2 aromatic heterocycles. The van der Waals surface area contributed by atoms with Gasteiger partial charge in [-0.3, -0.25) is 9.89 Å². The van der Waals surface area contributed by atoms with Crippen LogP contribution in [-0.2, 0) is 11.8 Å². The van der Waals surface area contributed by atoms with Crippen molar-refractivity contribution in [2.24, 2.45) is 5.92 Å². The van der Waals surface area contributed by atoms with Crippen molar-refractivity contribution in [2.75, 3.05) is 13.1 Å². The van der Waals surface area contributed by atoms with E-state index in [1.165, 1.54) is 6.42 Å². The van der Waals surface area contributed by atoms with Crippen molar-refractivity contribution in [3.8, 4) is 0 Å². The highest BCUT2D eigenvalue weighted by molar-refractivity contribution is 5.50. The molecular formula is C16H24N4O. The highest BCUT2D eigenvalue weighted by atomic mass is 16.1. The molecule has 2 N–H and O–H groups in total. The molecule has 114 valence electrons. The van der Waals surface area contributed by atoms with E-state index in [0.29, 0.717) is 0 Å². The van der Waals surface area contributed by atoms with Gasteiger partial charge in [0.2, 0.25) is 0 Å². The topological polar surface area (TPSA) is 62.2 Å². The van der Waals surface area contributed by atoms with Crippen molar-refractivity contribution in [3.63, 3.8) is 0 Å². The quantitative estimate of drug-likeness (QED) is 0.906. The first-order chi connectivity index (χ1) is 9.95. The standard InChI is InChI=1S/C16H24N4O/c1-16(2,3)13-10-18-20-14(21)8-12(19-15(13)20)5-4-11-6-7-17-9-11/h8,10-11,17-18H,4-7,9H2,1-3H3. The predicted molar refractivity (Wildman–Crippen MR) is 83.8 cm³/mol. The van der Waals surface area contributed by atoms with Crippen LogP contribution in [0.25, 0.3) is 5.65 Å². The number of fused-ring (bicyclic) bond motifs is 1. The van der Waals surface area contributed by atoms with E-state index < -0.39 is 0 Å². The molecule has 5 heteroatoms. The van der Waals surface area contributed by atoms with Gasteiger partial charge in [-0.05, 0) is 43.7 Å². The number of aromatic amines is 1. The lowest BCUT2D eigenvalue weighted by molar-refractivity contribution is 0.528. The molecule has 5 nitrogen and oxygen atoms in total. The van der Waals surface area contributed by atoms with Crippen LogP contribution in [-0.4, -0.2) is 27.7 Å². The summed E-state index contributed by atoms with van der Waals surface area (Å²) in [5.74, 6) is 0.721. The van der Waals surface area contributed by atoms with E-state index in [0.717, 1.165) is 48.8 Å². The number of hydrogen-bond acceptors (Lipinski definition) is 3. The summed E-state index contributed by atoms with van der Waals surface area (Å²) in [6.45, 7) is 8.63. The maximum absolute atomic E-state index is 12.2. The van der Waals surface area contributed by atoms with Gasteiger partial charge in [0.05, 0.1) is 0 Å². The monoisotopic (exact) mass is 288 g/mol. The molecule has 1 unspecified atom stereocenters. The minimum atomic E-state index is -0.0291. The number of aryl methyl sites for hydroxylation is 1. The fourth-order valence-corrected chi connectivity index (χ4v) is 3.02.